The van der Waals surface area contributed by atoms with Crippen LogP contribution in [0.2, 0.25) is 5.02 Å². The van der Waals surface area contributed by atoms with Crippen molar-refractivity contribution < 1.29 is 28.2 Å². The molecule has 10 heteroatoms. The topological polar surface area (TPSA) is 77.4 Å². The summed E-state index contributed by atoms with van der Waals surface area (Å²) in [6.45, 7) is 2.31. The number of halogens is 2. The number of hydrogen-bond acceptors (Lipinski definition) is 7. The number of esters is 1. The number of ether oxygens (including phenoxy) is 3. The maximum Gasteiger partial charge on any atom is 0.337 e. The van der Waals surface area contributed by atoms with Crippen LogP contribution in [0.4, 0.5) is 10.1 Å². The standard InChI is InChI=1S/C28H24ClFN2O5S/c1-4-36-23-14-18(13-22(29)25(23)37-16-17-6-5-7-20(30)12-17)15-24-26(33)32(2)28(38-24)31-21-10-8-19(9-11-21)27(34)35-3/h5-15H,4,16H2,1-3H3. The van der Waals surface area contributed by atoms with Gasteiger partial charge in [0.25, 0.3) is 5.91 Å². The first-order valence-corrected chi connectivity index (χ1v) is 12.8. The maximum atomic E-state index is 13.5. The Morgan fingerprint density at radius 1 is 1.13 bits per heavy atom. The number of amides is 1. The van der Waals surface area contributed by atoms with Gasteiger partial charge in [-0.1, -0.05) is 23.7 Å². The third kappa shape index (κ3) is 6.35. The van der Waals surface area contributed by atoms with E-state index in [0.717, 1.165) is 0 Å². The van der Waals surface area contributed by atoms with Gasteiger partial charge in [0, 0.05) is 7.05 Å². The molecule has 3 aromatic carbocycles. The monoisotopic (exact) mass is 554 g/mol. The average Bonchev–Trinajstić information content (AvgIpc) is 3.16. The molecule has 1 heterocycles. The highest BCUT2D eigenvalue weighted by atomic mass is 35.5. The summed E-state index contributed by atoms with van der Waals surface area (Å²) in [5, 5.41) is 0.779. The van der Waals surface area contributed by atoms with Crippen LogP contribution in [0.5, 0.6) is 11.5 Å². The van der Waals surface area contributed by atoms with Gasteiger partial charge in [-0.25, -0.2) is 14.2 Å². The number of nitrogens with zero attached hydrogens (tertiary/aromatic N) is 2. The molecule has 0 radical (unpaired) electrons. The fourth-order valence-corrected chi connectivity index (χ4v) is 4.82. The van der Waals surface area contributed by atoms with Gasteiger partial charge in [-0.2, -0.15) is 0 Å². The highest BCUT2D eigenvalue weighted by Crippen LogP contribution is 2.39. The van der Waals surface area contributed by atoms with Gasteiger partial charge in [0.1, 0.15) is 12.4 Å². The Morgan fingerprint density at radius 3 is 2.58 bits per heavy atom. The SMILES string of the molecule is CCOc1cc(C=C2SC(=Nc3ccc(C(=O)OC)cc3)N(C)C2=O)cc(Cl)c1OCc1cccc(F)c1. The lowest BCUT2D eigenvalue weighted by Crippen LogP contribution is -2.23. The minimum absolute atomic E-state index is 0.109. The van der Waals surface area contributed by atoms with E-state index in [9.17, 15) is 14.0 Å². The third-order valence-corrected chi connectivity index (χ3v) is 6.76. The van der Waals surface area contributed by atoms with Crippen LogP contribution in [0.3, 0.4) is 0 Å². The van der Waals surface area contributed by atoms with Crippen LogP contribution < -0.4 is 9.47 Å². The molecule has 0 spiro atoms. The van der Waals surface area contributed by atoms with Crippen LogP contribution in [0.25, 0.3) is 6.08 Å². The number of hydrogen-bond donors (Lipinski definition) is 0. The second-order valence-electron chi connectivity index (χ2n) is 8.09. The van der Waals surface area contributed by atoms with Gasteiger partial charge in [0.2, 0.25) is 0 Å². The molecule has 1 amide bonds. The molecule has 0 saturated carbocycles. The Bertz CT molecular complexity index is 1430. The van der Waals surface area contributed by atoms with Gasteiger partial charge in [-0.3, -0.25) is 9.69 Å². The van der Waals surface area contributed by atoms with E-state index in [-0.39, 0.29) is 18.3 Å². The molecule has 1 saturated heterocycles. The second-order valence-corrected chi connectivity index (χ2v) is 9.51. The number of carbonyl (C=O) groups is 2. The van der Waals surface area contributed by atoms with Crippen LogP contribution in [-0.4, -0.2) is 42.7 Å². The Hall–Kier alpha value is -3.82. The van der Waals surface area contributed by atoms with Crippen LogP contribution >= 0.6 is 23.4 Å². The molecule has 0 aromatic heterocycles. The first kappa shape index (κ1) is 27.2. The molecule has 3 aromatic rings. The molecule has 0 bridgehead atoms. The molecular formula is C28H24ClFN2O5S. The molecule has 7 nitrogen and oxygen atoms in total. The van der Waals surface area contributed by atoms with Crippen molar-refractivity contribution in [2.24, 2.45) is 4.99 Å². The summed E-state index contributed by atoms with van der Waals surface area (Å²) >= 11 is 7.75. The van der Waals surface area contributed by atoms with E-state index in [1.54, 1.807) is 61.7 Å². The van der Waals surface area contributed by atoms with Crippen molar-refractivity contribution in [2.75, 3.05) is 20.8 Å². The summed E-state index contributed by atoms with van der Waals surface area (Å²) < 4.78 is 29.8. The molecule has 0 unspecified atom stereocenters. The molecule has 4 rings (SSSR count). The number of methoxy groups -OCH3 is 1. The van der Waals surface area contributed by atoms with Crippen molar-refractivity contribution in [2.45, 2.75) is 13.5 Å². The fourth-order valence-electron chi connectivity index (χ4n) is 3.56. The zero-order chi connectivity index (χ0) is 27.2. The van der Waals surface area contributed by atoms with Crippen molar-refractivity contribution >= 4 is 52.2 Å². The number of amidine groups is 1. The second kappa shape index (κ2) is 12.1. The summed E-state index contributed by atoms with van der Waals surface area (Å²) in [6, 6.07) is 16.1. The van der Waals surface area contributed by atoms with Crippen molar-refractivity contribution in [3.05, 3.63) is 93.1 Å². The van der Waals surface area contributed by atoms with Crippen molar-refractivity contribution in [3.8, 4) is 11.5 Å². The number of likely N-dealkylation sites (N-methyl/N-ethyl adjacent to an activating group) is 1. The lowest BCUT2D eigenvalue weighted by atomic mass is 10.1. The molecule has 0 N–H and O–H groups in total. The van der Waals surface area contributed by atoms with Gasteiger partial charge in [0.05, 0.1) is 34.9 Å². The van der Waals surface area contributed by atoms with E-state index in [2.05, 4.69) is 4.99 Å². The van der Waals surface area contributed by atoms with E-state index in [4.69, 9.17) is 25.8 Å². The molecule has 196 valence electrons. The van der Waals surface area contributed by atoms with Gasteiger partial charge in [-0.15, -0.1) is 0 Å². The quantitative estimate of drug-likeness (QED) is 0.234. The minimum atomic E-state index is -0.438. The number of thioether (sulfide) groups is 1. The molecule has 1 fully saturated rings. The molecule has 38 heavy (non-hydrogen) atoms. The van der Waals surface area contributed by atoms with Crippen LogP contribution in [0, 0.1) is 5.82 Å². The number of carbonyl (C=O) groups excluding carboxylic acids is 2. The molecule has 0 atom stereocenters. The van der Waals surface area contributed by atoms with E-state index in [0.29, 0.717) is 55.6 Å². The first-order valence-electron chi connectivity index (χ1n) is 11.6. The Labute approximate surface area is 228 Å². The number of benzene rings is 3. The Balaban J connectivity index is 1.56. The lowest BCUT2D eigenvalue weighted by Gasteiger charge is -2.15. The van der Waals surface area contributed by atoms with Crippen LogP contribution in [0.15, 0.2) is 70.6 Å². The van der Waals surface area contributed by atoms with E-state index < -0.39 is 5.97 Å². The van der Waals surface area contributed by atoms with E-state index >= 15 is 0 Å². The predicted octanol–water partition coefficient (Wildman–Crippen LogP) is 6.48. The van der Waals surface area contributed by atoms with Gasteiger partial charge in [-0.05, 0) is 84.4 Å². The van der Waals surface area contributed by atoms with Crippen LogP contribution in [-0.2, 0) is 16.1 Å². The highest BCUT2D eigenvalue weighted by Gasteiger charge is 2.30. The van der Waals surface area contributed by atoms with Gasteiger partial charge >= 0.3 is 5.97 Å². The molecule has 0 aliphatic carbocycles. The highest BCUT2D eigenvalue weighted by molar-refractivity contribution is 8.18. The molecule has 1 aliphatic rings. The zero-order valence-electron chi connectivity index (χ0n) is 20.9. The predicted molar refractivity (Wildman–Crippen MR) is 147 cm³/mol. The van der Waals surface area contributed by atoms with Crippen LogP contribution in [0.1, 0.15) is 28.4 Å². The summed E-state index contributed by atoms with van der Waals surface area (Å²) in [6.07, 6.45) is 1.71. The van der Waals surface area contributed by atoms with E-state index in [1.165, 1.54) is 35.9 Å². The minimum Gasteiger partial charge on any atom is -0.490 e. The maximum absolute atomic E-state index is 13.5. The zero-order valence-corrected chi connectivity index (χ0v) is 22.4. The Kier molecular flexibility index (Phi) is 8.70. The third-order valence-electron chi connectivity index (χ3n) is 5.42. The van der Waals surface area contributed by atoms with Gasteiger partial charge in [0.15, 0.2) is 16.7 Å². The normalized spacial score (nSPS) is 15.3. The fraction of sp³-hybridized carbons (Fsp3) is 0.179. The molecule has 1 aliphatic heterocycles. The van der Waals surface area contributed by atoms with Crippen molar-refractivity contribution in [1.29, 1.82) is 0 Å². The summed E-state index contributed by atoms with van der Waals surface area (Å²) in [4.78, 5) is 31.0. The smallest absolute Gasteiger partial charge is 0.337 e. The molecular weight excluding hydrogens is 531 g/mol. The van der Waals surface area contributed by atoms with Gasteiger partial charge < -0.3 is 14.2 Å². The summed E-state index contributed by atoms with van der Waals surface area (Å²) in [5.74, 6) is -0.270. The first-order chi connectivity index (χ1) is 18.3. The largest absolute Gasteiger partial charge is 0.490 e. The van der Waals surface area contributed by atoms with Crippen molar-refractivity contribution in [1.82, 2.24) is 4.90 Å². The number of rotatable bonds is 8. The Morgan fingerprint density at radius 2 is 1.89 bits per heavy atom. The van der Waals surface area contributed by atoms with Crippen molar-refractivity contribution in [3.63, 3.8) is 0 Å². The summed E-state index contributed by atoms with van der Waals surface area (Å²) in [7, 11) is 2.96. The number of aliphatic imine (C=N–C) groups is 1. The van der Waals surface area contributed by atoms with E-state index in [1.807, 2.05) is 6.92 Å². The average molecular weight is 555 g/mol. The lowest BCUT2D eigenvalue weighted by molar-refractivity contribution is -0.121. The summed E-state index contributed by atoms with van der Waals surface area (Å²) in [5.41, 5.74) is 2.29.